The van der Waals surface area contributed by atoms with Crippen molar-refractivity contribution in [1.29, 1.82) is 0 Å². The molecule has 2 saturated heterocycles. The number of aromatic nitrogens is 1. The van der Waals surface area contributed by atoms with Gasteiger partial charge in [-0.2, -0.15) is 0 Å². The lowest BCUT2D eigenvalue weighted by atomic mass is 10.1. The van der Waals surface area contributed by atoms with Crippen LogP contribution in [0.2, 0.25) is 0 Å². The first-order valence-corrected chi connectivity index (χ1v) is 6.33. The minimum atomic E-state index is 0.310. The molecule has 0 amide bonds. The van der Waals surface area contributed by atoms with Gasteiger partial charge in [0, 0.05) is 32.2 Å². The van der Waals surface area contributed by atoms with Crippen molar-refractivity contribution in [2.75, 3.05) is 45.2 Å². The number of pyridine rings is 1. The van der Waals surface area contributed by atoms with Crippen LogP contribution in [0, 0.1) is 0 Å². The summed E-state index contributed by atoms with van der Waals surface area (Å²) < 4.78 is 11.0. The Bertz CT molecular complexity index is 391. The highest BCUT2D eigenvalue weighted by molar-refractivity contribution is 5.46. The number of nitrogens with zero attached hydrogens (tertiary/aromatic N) is 3. The summed E-state index contributed by atoms with van der Waals surface area (Å²) in [6.45, 7) is 3.90. The van der Waals surface area contributed by atoms with Crippen LogP contribution in [0.5, 0.6) is 5.88 Å². The van der Waals surface area contributed by atoms with Crippen LogP contribution in [0.15, 0.2) is 18.3 Å². The van der Waals surface area contributed by atoms with Crippen molar-refractivity contribution >= 4 is 5.69 Å². The van der Waals surface area contributed by atoms with Gasteiger partial charge in [0.15, 0.2) is 0 Å². The fourth-order valence-electron chi connectivity index (χ4n) is 2.79. The minimum Gasteiger partial charge on any atom is -0.481 e. The van der Waals surface area contributed by atoms with Gasteiger partial charge >= 0.3 is 0 Å². The summed E-state index contributed by atoms with van der Waals surface area (Å²) in [5.74, 6) is 0.659. The molecule has 0 saturated carbocycles. The van der Waals surface area contributed by atoms with Crippen molar-refractivity contribution in [2.45, 2.75) is 12.2 Å². The smallest absolute Gasteiger partial charge is 0.213 e. The van der Waals surface area contributed by atoms with E-state index in [4.69, 9.17) is 9.47 Å². The number of ether oxygens (including phenoxy) is 2. The Balaban J connectivity index is 1.73. The Morgan fingerprint density at radius 1 is 1.22 bits per heavy atom. The van der Waals surface area contributed by atoms with Gasteiger partial charge in [-0.1, -0.05) is 0 Å². The number of likely N-dealkylation sites (N-methyl/N-ethyl adjacent to an activating group) is 1. The quantitative estimate of drug-likeness (QED) is 0.768. The molecule has 0 aliphatic carbocycles. The Morgan fingerprint density at radius 3 is 2.50 bits per heavy atom. The lowest BCUT2D eigenvalue weighted by molar-refractivity contribution is -0.0875. The third-order valence-corrected chi connectivity index (χ3v) is 3.56. The molecule has 5 heteroatoms. The Morgan fingerprint density at radius 2 is 1.94 bits per heavy atom. The van der Waals surface area contributed by atoms with E-state index in [1.807, 2.05) is 12.3 Å². The lowest BCUT2D eigenvalue weighted by Gasteiger charge is -2.45. The number of morpholine rings is 2. The van der Waals surface area contributed by atoms with E-state index in [2.05, 4.69) is 27.9 Å². The summed E-state index contributed by atoms with van der Waals surface area (Å²) in [7, 11) is 3.80. The molecular weight excluding hydrogens is 230 g/mol. The molecule has 0 aromatic carbocycles. The topological polar surface area (TPSA) is 37.8 Å². The largest absolute Gasteiger partial charge is 0.481 e. The van der Waals surface area contributed by atoms with Crippen molar-refractivity contribution in [3.05, 3.63) is 18.3 Å². The van der Waals surface area contributed by atoms with Gasteiger partial charge in [0.2, 0.25) is 5.88 Å². The first-order valence-electron chi connectivity index (χ1n) is 6.33. The molecule has 5 nitrogen and oxygen atoms in total. The molecule has 18 heavy (non-hydrogen) atoms. The lowest BCUT2D eigenvalue weighted by Crippen LogP contribution is -2.58. The van der Waals surface area contributed by atoms with E-state index in [1.54, 1.807) is 7.11 Å². The Hall–Kier alpha value is -1.33. The van der Waals surface area contributed by atoms with Gasteiger partial charge in [0.05, 0.1) is 31.2 Å². The van der Waals surface area contributed by atoms with E-state index in [0.717, 1.165) is 31.9 Å². The van der Waals surface area contributed by atoms with Gasteiger partial charge in [0.1, 0.15) is 0 Å². The third kappa shape index (κ3) is 2.28. The fourth-order valence-corrected chi connectivity index (χ4v) is 2.79. The number of rotatable bonds is 2. The average Bonchev–Trinajstić information content (AvgIpc) is 2.37. The van der Waals surface area contributed by atoms with Crippen LogP contribution in [0.4, 0.5) is 5.69 Å². The van der Waals surface area contributed by atoms with Crippen LogP contribution in [0.1, 0.15) is 0 Å². The highest BCUT2D eigenvalue weighted by Gasteiger charge is 2.33. The second-order valence-electron chi connectivity index (χ2n) is 5.07. The first-order chi connectivity index (χ1) is 8.74. The van der Waals surface area contributed by atoms with Crippen molar-refractivity contribution in [1.82, 2.24) is 9.88 Å². The molecule has 2 bridgehead atoms. The van der Waals surface area contributed by atoms with E-state index >= 15 is 0 Å². The summed E-state index contributed by atoms with van der Waals surface area (Å²) in [4.78, 5) is 8.98. The second-order valence-corrected chi connectivity index (χ2v) is 5.07. The van der Waals surface area contributed by atoms with Crippen LogP contribution in [-0.2, 0) is 4.74 Å². The van der Waals surface area contributed by atoms with Gasteiger partial charge in [-0.05, 0) is 13.1 Å². The van der Waals surface area contributed by atoms with Crippen molar-refractivity contribution in [2.24, 2.45) is 0 Å². The maximum Gasteiger partial charge on any atom is 0.213 e. The van der Waals surface area contributed by atoms with Gasteiger partial charge < -0.3 is 19.3 Å². The molecule has 2 fully saturated rings. The molecule has 0 radical (unpaired) electrons. The van der Waals surface area contributed by atoms with Crippen molar-refractivity contribution < 1.29 is 9.47 Å². The second kappa shape index (κ2) is 4.74. The van der Waals surface area contributed by atoms with E-state index in [0.29, 0.717) is 18.1 Å². The molecule has 1 aromatic heterocycles. The predicted octanol–water partition coefficient (Wildman–Crippen LogP) is 0.609. The molecule has 2 aliphatic heterocycles. The standard InChI is InChI=1S/C13H19N3O2/c1-15-6-11-8-16(9-12(7-15)18-11)10-3-4-13(17-2)14-5-10/h3-5,11-12H,6-9H2,1-2H3. The summed E-state index contributed by atoms with van der Waals surface area (Å²) in [6.07, 6.45) is 2.50. The molecule has 3 heterocycles. The van der Waals surface area contributed by atoms with Gasteiger partial charge in [-0.15, -0.1) is 0 Å². The maximum atomic E-state index is 5.96. The summed E-state index contributed by atoms with van der Waals surface area (Å²) in [6, 6.07) is 3.98. The van der Waals surface area contributed by atoms with E-state index in [1.165, 1.54) is 0 Å². The van der Waals surface area contributed by atoms with Crippen LogP contribution in [-0.4, -0.2) is 62.4 Å². The van der Waals surface area contributed by atoms with Crippen molar-refractivity contribution in [3.8, 4) is 5.88 Å². The Kier molecular flexibility index (Phi) is 3.09. The van der Waals surface area contributed by atoms with Crippen LogP contribution >= 0.6 is 0 Å². The van der Waals surface area contributed by atoms with Crippen LogP contribution < -0.4 is 9.64 Å². The maximum absolute atomic E-state index is 5.96. The SMILES string of the molecule is COc1ccc(N2CC3CN(C)CC(C2)O3)cn1. The molecule has 2 aliphatic rings. The molecule has 0 N–H and O–H groups in total. The Labute approximate surface area is 107 Å². The number of fused-ring (bicyclic) bond motifs is 2. The van der Waals surface area contributed by atoms with Crippen LogP contribution in [0.3, 0.4) is 0 Å². The highest BCUT2D eigenvalue weighted by atomic mass is 16.5. The van der Waals surface area contributed by atoms with E-state index < -0.39 is 0 Å². The normalized spacial score (nSPS) is 28.2. The number of methoxy groups -OCH3 is 1. The molecule has 3 rings (SSSR count). The first kappa shape index (κ1) is 11.7. The van der Waals surface area contributed by atoms with E-state index in [9.17, 15) is 0 Å². The molecule has 1 aromatic rings. The molecule has 2 unspecified atom stereocenters. The average molecular weight is 249 g/mol. The predicted molar refractivity (Wildman–Crippen MR) is 69.2 cm³/mol. The van der Waals surface area contributed by atoms with Gasteiger partial charge in [0.25, 0.3) is 0 Å². The monoisotopic (exact) mass is 249 g/mol. The van der Waals surface area contributed by atoms with Gasteiger partial charge in [-0.3, -0.25) is 0 Å². The third-order valence-electron chi connectivity index (χ3n) is 3.56. The molecule has 98 valence electrons. The van der Waals surface area contributed by atoms with Crippen molar-refractivity contribution in [3.63, 3.8) is 0 Å². The summed E-state index contributed by atoms with van der Waals surface area (Å²) in [5.41, 5.74) is 1.15. The zero-order valence-electron chi connectivity index (χ0n) is 10.9. The summed E-state index contributed by atoms with van der Waals surface area (Å²) >= 11 is 0. The summed E-state index contributed by atoms with van der Waals surface area (Å²) in [5, 5.41) is 0. The molecule has 0 spiro atoms. The fraction of sp³-hybridized carbons (Fsp3) is 0.615. The minimum absolute atomic E-state index is 0.310. The van der Waals surface area contributed by atoms with Gasteiger partial charge in [-0.25, -0.2) is 4.98 Å². The zero-order valence-corrected chi connectivity index (χ0v) is 10.9. The number of anilines is 1. The zero-order chi connectivity index (χ0) is 12.5. The van der Waals surface area contributed by atoms with Crippen LogP contribution in [0.25, 0.3) is 0 Å². The van der Waals surface area contributed by atoms with E-state index in [-0.39, 0.29) is 0 Å². The molecular formula is C13H19N3O2. The number of hydrogen-bond acceptors (Lipinski definition) is 5. The highest BCUT2D eigenvalue weighted by Crippen LogP contribution is 2.24. The molecule has 2 atom stereocenters. The number of hydrogen-bond donors (Lipinski definition) is 0.